The fourth-order valence-electron chi connectivity index (χ4n) is 0.802. The predicted molar refractivity (Wildman–Crippen MR) is 54.3 cm³/mol. The van der Waals surface area contributed by atoms with Gasteiger partial charge >= 0.3 is 0 Å². The molecule has 0 saturated carbocycles. The summed E-state index contributed by atoms with van der Waals surface area (Å²) in [6.07, 6.45) is 5.68. The number of ether oxygens (including phenoxy) is 1. The van der Waals surface area contributed by atoms with E-state index in [-0.39, 0.29) is 12.4 Å². The molecule has 0 aromatic rings. The Morgan fingerprint density at radius 1 is 1.46 bits per heavy atom. The Morgan fingerprint density at radius 3 is 2.46 bits per heavy atom. The van der Waals surface area contributed by atoms with Gasteiger partial charge in [0, 0.05) is 5.57 Å². The van der Waals surface area contributed by atoms with Gasteiger partial charge in [-0.2, -0.15) is 0 Å². The van der Waals surface area contributed by atoms with Gasteiger partial charge in [-0.25, -0.2) is 0 Å². The lowest BCUT2D eigenvalue weighted by atomic mass is 10.2. The molecule has 0 fully saturated rings. The molecule has 0 saturated heterocycles. The quantitative estimate of drug-likeness (QED) is 0.480. The maximum absolute atomic E-state index is 10.6. The van der Waals surface area contributed by atoms with Crippen LogP contribution >= 0.6 is 0 Å². The van der Waals surface area contributed by atoms with E-state index in [0.29, 0.717) is 5.76 Å². The molecule has 2 heteroatoms. The van der Waals surface area contributed by atoms with Crippen molar-refractivity contribution in [2.45, 2.75) is 20.8 Å². The molecule has 0 spiro atoms. The van der Waals surface area contributed by atoms with Crippen molar-refractivity contribution in [2.24, 2.45) is 0 Å². The van der Waals surface area contributed by atoms with Crippen LogP contribution in [0.4, 0.5) is 0 Å². The van der Waals surface area contributed by atoms with Gasteiger partial charge in [0.2, 0.25) is 0 Å². The topological polar surface area (TPSA) is 26.3 Å². The highest BCUT2D eigenvalue weighted by molar-refractivity contribution is 5.76. The first-order chi connectivity index (χ1) is 6.11. The minimum Gasteiger partial charge on any atom is -0.486 e. The van der Waals surface area contributed by atoms with Crippen LogP contribution < -0.4 is 0 Å². The minimum atomic E-state index is -0.00270. The number of carbonyl (C=O) groups excluding carboxylic acids is 1. The first-order valence-electron chi connectivity index (χ1n) is 4.22. The number of hydrogen-bond donors (Lipinski definition) is 0. The zero-order valence-corrected chi connectivity index (χ0v) is 8.46. The molecule has 0 aromatic carbocycles. The number of hydrogen-bond acceptors (Lipinski definition) is 2. The number of allylic oxidation sites excluding steroid dienone is 3. The van der Waals surface area contributed by atoms with Crippen molar-refractivity contribution in [3.63, 3.8) is 0 Å². The summed E-state index contributed by atoms with van der Waals surface area (Å²) in [5, 5.41) is 0. The monoisotopic (exact) mass is 180 g/mol. The summed E-state index contributed by atoms with van der Waals surface area (Å²) < 4.78 is 5.15. The van der Waals surface area contributed by atoms with Crippen LogP contribution in [-0.4, -0.2) is 12.4 Å². The van der Waals surface area contributed by atoms with Gasteiger partial charge in [-0.1, -0.05) is 24.8 Å². The number of rotatable bonds is 5. The van der Waals surface area contributed by atoms with Crippen molar-refractivity contribution in [1.82, 2.24) is 0 Å². The zero-order chi connectivity index (χ0) is 10.3. The molecule has 0 heterocycles. The van der Waals surface area contributed by atoms with Crippen LogP contribution in [0.1, 0.15) is 20.8 Å². The molecule has 2 nitrogen and oxygen atoms in total. The summed E-state index contributed by atoms with van der Waals surface area (Å²) >= 11 is 0. The van der Waals surface area contributed by atoms with Gasteiger partial charge in [-0.15, -0.1) is 0 Å². The lowest BCUT2D eigenvalue weighted by Crippen LogP contribution is -2.03. The second-order valence-electron chi connectivity index (χ2n) is 2.66. The van der Waals surface area contributed by atoms with Gasteiger partial charge in [0.05, 0.1) is 0 Å². The number of ketones is 1. The number of carbonyl (C=O) groups is 1. The summed E-state index contributed by atoms with van der Waals surface area (Å²) in [6.45, 7) is 9.12. The third kappa shape index (κ3) is 5.01. The minimum absolute atomic E-state index is 0.00270. The average Bonchev–Trinajstić information content (AvgIpc) is 2.10. The van der Waals surface area contributed by atoms with Crippen LogP contribution in [0.5, 0.6) is 0 Å². The fourth-order valence-corrected chi connectivity index (χ4v) is 0.802. The largest absolute Gasteiger partial charge is 0.486 e. The van der Waals surface area contributed by atoms with E-state index >= 15 is 0 Å². The molecule has 0 aliphatic heterocycles. The zero-order valence-electron chi connectivity index (χ0n) is 8.46. The number of Topliss-reactive ketones (excluding diaryl/α,β-unsaturated/α-hetero) is 1. The Kier molecular flexibility index (Phi) is 5.60. The Morgan fingerprint density at radius 2 is 2.08 bits per heavy atom. The Balaban J connectivity index is 4.16. The van der Waals surface area contributed by atoms with E-state index in [0.717, 1.165) is 5.57 Å². The first kappa shape index (κ1) is 11.7. The fraction of sp³-hybridized carbons (Fsp3) is 0.364. The predicted octanol–water partition coefficient (Wildman–Crippen LogP) is 2.63. The van der Waals surface area contributed by atoms with Gasteiger partial charge < -0.3 is 4.74 Å². The van der Waals surface area contributed by atoms with Crippen molar-refractivity contribution in [3.8, 4) is 0 Å². The van der Waals surface area contributed by atoms with Crippen LogP contribution in [0.3, 0.4) is 0 Å². The molecular formula is C11H16O2. The van der Waals surface area contributed by atoms with Crippen LogP contribution in [-0.2, 0) is 9.53 Å². The Hall–Kier alpha value is -1.31. The highest BCUT2D eigenvalue weighted by Crippen LogP contribution is 2.10. The van der Waals surface area contributed by atoms with Gasteiger partial charge in [0.15, 0.2) is 5.78 Å². The standard InChI is InChI=1S/C11H16O2/c1-5-7-11(6-2)10(4)13-8-9(3)12/h5-7H,4,8H2,1-3H3/b7-5-,11-6+. The third-order valence-corrected chi connectivity index (χ3v) is 1.43. The lowest BCUT2D eigenvalue weighted by Gasteiger charge is -2.07. The van der Waals surface area contributed by atoms with E-state index in [1.807, 2.05) is 32.1 Å². The van der Waals surface area contributed by atoms with Crippen LogP contribution in [0.15, 0.2) is 36.1 Å². The molecule has 0 rings (SSSR count). The molecule has 0 aromatic heterocycles. The molecule has 0 aliphatic rings. The molecule has 0 amide bonds. The summed E-state index contributed by atoms with van der Waals surface area (Å²) in [4.78, 5) is 10.6. The van der Waals surface area contributed by atoms with Crippen LogP contribution in [0.25, 0.3) is 0 Å². The Bertz CT molecular complexity index is 247. The third-order valence-electron chi connectivity index (χ3n) is 1.43. The highest BCUT2D eigenvalue weighted by Gasteiger charge is 2.00. The van der Waals surface area contributed by atoms with Crippen molar-refractivity contribution >= 4 is 5.78 Å². The molecule has 0 aliphatic carbocycles. The van der Waals surface area contributed by atoms with E-state index in [4.69, 9.17) is 4.74 Å². The van der Waals surface area contributed by atoms with Gasteiger partial charge in [-0.3, -0.25) is 4.79 Å². The SMILES string of the molecule is C=C(OCC(C)=O)C(/C=C\C)=C/C. The maximum atomic E-state index is 10.6. The van der Waals surface area contributed by atoms with Crippen molar-refractivity contribution in [2.75, 3.05) is 6.61 Å². The molecular weight excluding hydrogens is 164 g/mol. The van der Waals surface area contributed by atoms with E-state index < -0.39 is 0 Å². The summed E-state index contributed by atoms with van der Waals surface area (Å²) in [6, 6.07) is 0. The summed E-state index contributed by atoms with van der Waals surface area (Å²) in [5.74, 6) is 0.535. The maximum Gasteiger partial charge on any atom is 0.167 e. The van der Waals surface area contributed by atoms with Gasteiger partial charge in [-0.05, 0) is 20.8 Å². The van der Waals surface area contributed by atoms with Crippen molar-refractivity contribution in [1.29, 1.82) is 0 Å². The second kappa shape index (κ2) is 6.23. The molecule has 0 radical (unpaired) electrons. The Labute approximate surface area is 79.6 Å². The van der Waals surface area contributed by atoms with E-state index in [1.165, 1.54) is 6.92 Å². The highest BCUT2D eigenvalue weighted by atomic mass is 16.5. The molecule has 0 bridgehead atoms. The summed E-state index contributed by atoms with van der Waals surface area (Å²) in [5.41, 5.74) is 0.906. The normalized spacial score (nSPS) is 11.8. The average molecular weight is 180 g/mol. The van der Waals surface area contributed by atoms with E-state index in [2.05, 4.69) is 6.58 Å². The van der Waals surface area contributed by atoms with Crippen LogP contribution in [0.2, 0.25) is 0 Å². The van der Waals surface area contributed by atoms with E-state index in [1.54, 1.807) is 0 Å². The van der Waals surface area contributed by atoms with Gasteiger partial charge in [0.1, 0.15) is 12.4 Å². The van der Waals surface area contributed by atoms with Crippen molar-refractivity contribution < 1.29 is 9.53 Å². The molecule has 0 atom stereocenters. The molecule has 0 unspecified atom stereocenters. The van der Waals surface area contributed by atoms with Gasteiger partial charge in [0.25, 0.3) is 0 Å². The first-order valence-corrected chi connectivity index (χ1v) is 4.22. The smallest absolute Gasteiger partial charge is 0.167 e. The van der Waals surface area contributed by atoms with E-state index in [9.17, 15) is 4.79 Å². The lowest BCUT2D eigenvalue weighted by molar-refractivity contribution is -0.120. The second-order valence-corrected chi connectivity index (χ2v) is 2.66. The molecule has 0 N–H and O–H groups in total. The van der Waals surface area contributed by atoms with Crippen LogP contribution in [0, 0.1) is 0 Å². The molecule has 72 valence electrons. The van der Waals surface area contributed by atoms with Crippen molar-refractivity contribution in [3.05, 3.63) is 36.1 Å². The molecule has 13 heavy (non-hydrogen) atoms. The summed E-state index contributed by atoms with van der Waals surface area (Å²) in [7, 11) is 0.